The van der Waals surface area contributed by atoms with E-state index in [9.17, 15) is 14.4 Å². The summed E-state index contributed by atoms with van der Waals surface area (Å²) in [5.41, 5.74) is 0.842. The van der Waals surface area contributed by atoms with Crippen LogP contribution in [0.2, 0.25) is 0 Å². The minimum Gasteiger partial charge on any atom is -0.423 e. The maximum Gasteiger partial charge on any atom is 0.523 e. The smallest absolute Gasteiger partial charge is 0.423 e. The number of ether oxygens (including phenoxy) is 2. The molecular formula is C16H11IO6. The lowest BCUT2D eigenvalue weighted by Gasteiger charge is -2.06. The Kier molecular flexibility index (Phi) is 5.69. The van der Waals surface area contributed by atoms with Crippen LogP contribution in [0.1, 0.15) is 27.6 Å². The van der Waals surface area contributed by atoms with Crippen LogP contribution < -0.4 is 9.47 Å². The summed E-state index contributed by atoms with van der Waals surface area (Å²) in [4.78, 5) is 34.1. The van der Waals surface area contributed by atoms with Gasteiger partial charge in [-0.15, -0.1) is 0 Å². The zero-order chi connectivity index (χ0) is 16.8. The minimum absolute atomic E-state index is 0.0782. The molecule has 0 saturated carbocycles. The summed E-state index contributed by atoms with van der Waals surface area (Å²) >= 11 is 1.41. The van der Waals surface area contributed by atoms with Gasteiger partial charge in [-0.3, -0.25) is 4.79 Å². The zero-order valence-corrected chi connectivity index (χ0v) is 14.1. The van der Waals surface area contributed by atoms with E-state index in [2.05, 4.69) is 3.07 Å². The van der Waals surface area contributed by atoms with Gasteiger partial charge in [-0.2, -0.15) is 0 Å². The number of rotatable bonds is 4. The molecule has 0 atom stereocenters. The average molecular weight is 426 g/mol. The molecule has 7 heteroatoms. The topological polar surface area (TPSA) is 78.9 Å². The van der Waals surface area contributed by atoms with Crippen LogP contribution >= 0.6 is 23.0 Å². The molecule has 0 amide bonds. The molecule has 0 saturated heterocycles. The third-order valence-electron chi connectivity index (χ3n) is 2.83. The van der Waals surface area contributed by atoms with Crippen molar-refractivity contribution in [2.75, 3.05) is 0 Å². The van der Waals surface area contributed by atoms with E-state index in [1.165, 1.54) is 66.3 Å². The molecule has 6 nitrogen and oxygen atoms in total. The van der Waals surface area contributed by atoms with E-state index in [0.29, 0.717) is 16.9 Å². The van der Waals surface area contributed by atoms with E-state index in [1.54, 1.807) is 12.1 Å². The number of hydrogen-bond acceptors (Lipinski definition) is 6. The Morgan fingerprint density at radius 1 is 0.783 bits per heavy atom. The fraction of sp³-hybridized carbons (Fsp3) is 0.0625. The Bertz CT molecular complexity index is 721. The van der Waals surface area contributed by atoms with E-state index >= 15 is 0 Å². The first-order valence-corrected chi connectivity index (χ1v) is 7.31. The number of halogens is 1. The fourth-order valence-corrected chi connectivity index (χ4v) is 1.78. The van der Waals surface area contributed by atoms with Crippen LogP contribution in [0, 0.1) is 0 Å². The Hall–Kier alpha value is -2.42. The van der Waals surface area contributed by atoms with Crippen molar-refractivity contribution in [3.05, 3.63) is 59.7 Å². The van der Waals surface area contributed by atoms with E-state index in [-0.39, 0.29) is 11.5 Å². The second-order valence-electron chi connectivity index (χ2n) is 4.42. The van der Waals surface area contributed by atoms with E-state index in [1.807, 2.05) is 0 Å². The summed E-state index contributed by atoms with van der Waals surface area (Å²) in [5, 5.41) is 0. The highest BCUT2D eigenvalue weighted by Gasteiger charge is 2.10. The molecule has 0 radical (unpaired) electrons. The molecule has 0 aliphatic carbocycles. The lowest BCUT2D eigenvalue weighted by molar-refractivity contribution is 0.0733. The quantitative estimate of drug-likeness (QED) is 0.242. The highest BCUT2D eigenvalue weighted by Crippen LogP contribution is 2.19. The molecule has 0 fully saturated rings. The van der Waals surface area contributed by atoms with Crippen molar-refractivity contribution in [1.29, 1.82) is 0 Å². The Balaban J connectivity index is 2.02. The zero-order valence-electron chi connectivity index (χ0n) is 11.9. The first-order valence-electron chi connectivity index (χ1n) is 6.43. The average Bonchev–Trinajstić information content (AvgIpc) is 2.56. The van der Waals surface area contributed by atoms with Crippen LogP contribution in [0.4, 0.5) is 4.79 Å². The molecular weight excluding hydrogens is 415 g/mol. The summed E-state index contributed by atoms with van der Waals surface area (Å²) in [6.07, 6.45) is -0.846. The molecule has 0 aliphatic rings. The van der Waals surface area contributed by atoms with Crippen LogP contribution in [0.15, 0.2) is 48.5 Å². The van der Waals surface area contributed by atoms with Crippen molar-refractivity contribution in [2.24, 2.45) is 0 Å². The number of Topliss-reactive ketones (excluding diaryl/α,β-unsaturated/α-hetero) is 1. The number of benzene rings is 2. The minimum atomic E-state index is -0.846. The molecule has 0 N–H and O–H groups in total. The van der Waals surface area contributed by atoms with Crippen LogP contribution in [-0.4, -0.2) is 17.9 Å². The molecule has 2 rings (SSSR count). The molecule has 0 bridgehead atoms. The Morgan fingerprint density at radius 3 is 1.74 bits per heavy atom. The Morgan fingerprint density at radius 2 is 1.26 bits per heavy atom. The van der Waals surface area contributed by atoms with Crippen LogP contribution in [0.25, 0.3) is 0 Å². The van der Waals surface area contributed by atoms with Crippen LogP contribution in [0.5, 0.6) is 11.5 Å². The van der Waals surface area contributed by atoms with Crippen molar-refractivity contribution in [2.45, 2.75) is 6.92 Å². The largest absolute Gasteiger partial charge is 0.523 e. The number of hydrogen-bond donors (Lipinski definition) is 0. The first-order chi connectivity index (χ1) is 11.0. The SMILES string of the molecule is CC(=O)c1ccc(C(=O)Oc2ccc(OC(=O)OI)cc2)cc1. The Labute approximate surface area is 146 Å². The van der Waals surface area contributed by atoms with Gasteiger partial charge < -0.3 is 12.5 Å². The lowest BCUT2D eigenvalue weighted by atomic mass is 10.1. The maximum atomic E-state index is 12.0. The third-order valence-corrected chi connectivity index (χ3v) is 3.19. The van der Waals surface area contributed by atoms with Gasteiger partial charge in [0.2, 0.25) is 0 Å². The molecule has 0 heterocycles. The van der Waals surface area contributed by atoms with Crippen LogP contribution in [0.3, 0.4) is 0 Å². The van der Waals surface area contributed by atoms with Gasteiger partial charge in [-0.25, -0.2) is 9.59 Å². The molecule has 118 valence electrons. The monoisotopic (exact) mass is 426 g/mol. The number of carbonyl (C=O) groups is 3. The summed E-state index contributed by atoms with van der Waals surface area (Å²) in [5.74, 6) is -0.0795. The van der Waals surface area contributed by atoms with E-state index < -0.39 is 12.1 Å². The predicted molar refractivity (Wildman–Crippen MR) is 89.0 cm³/mol. The van der Waals surface area contributed by atoms with Crippen molar-refractivity contribution >= 4 is 40.9 Å². The number of esters is 1. The predicted octanol–water partition coefficient (Wildman–Crippen LogP) is 3.97. The molecule has 2 aromatic carbocycles. The molecule has 0 aliphatic heterocycles. The second-order valence-corrected chi connectivity index (χ2v) is 4.86. The standard InChI is InChI=1S/C16H11IO6/c1-10(18)11-2-4-12(5-3-11)15(19)21-13-6-8-14(9-7-13)22-16(20)23-17/h2-9H,1H3. The maximum absolute atomic E-state index is 12.0. The van der Waals surface area contributed by atoms with Crippen molar-refractivity contribution in [3.8, 4) is 11.5 Å². The van der Waals surface area contributed by atoms with Gasteiger partial charge in [0.15, 0.2) is 28.8 Å². The van der Waals surface area contributed by atoms with E-state index in [4.69, 9.17) is 9.47 Å². The van der Waals surface area contributed by atoms with Gasteiger partial charge in [0.25, 0.3) is 0 Å². The second kappa shape index (κ2) is 7.73. The van der Waals surface area contributed by atoms with Crippen molar-refractivity contribution in [1.82, 2.24) is 0 Å². The van der Waals surface area contributed by atoms with Gasteiger partial charge in [0.05, 0.1) is 5.56 Å². The van der Waals surface area contributed by atoms with Gasteiger partial charge in [0.1, 0.15) is 11.5 Å². The summed E-state index contributed by atoms with van der Waals surface area (Å²) < 4.78 is 14.3. The van der Waals surface area contributed by atoms with Gasteiger partial charge in [-0.1, -0.05) is 12.1 Å². The van der Waals surface area contributed by atoms with Crippen molar-refractivity contribution < 1.29 is 26.9 Å². The molecule has 0 aromatic heterocycles. The highest BCUT2D eigenvalue weighted by atomic mass is 127. The molecule has 0 spiro atoms. The van der Waals surface area contributed by atoms with Gasteiger partial charge in [0, 0.05) is 5.56 Å². The number of carbonyl (C=O) groups excluding carboxylic acids is 3. The molecule has 2 aromatic rings. The lowest BCUT2D eigenvalue weighted by Crippen LogP contribution is -2.09. The highest BCUT2D eigenvalue weighted by molar-refractivity contribution is 14.1. The summed E-state index contributed by atoms with van der Waals surface area (Å²) in [6.45, 7) is 1.45. The molecule has 0 unspecified atom stereocenters. The van der Waals surface area contributed by atoms with Gasteiger partial charge >= 0.3 is 12.1 Å². The number of ketones is 1. The summed E-state index contributed by atoms with van der Waals surface area (Å²) in [6, 6.07) is 12.1. The van der Waals surface area contributed by atoms with Crippen molar-refractivity contribution in [3.63, 3.8) is 0 Å². The normalized spacial score (nSPS) is 9.83. The van der Waals surface area contributed by atoms with E-state index in [0.717, 1.165) is 0 Å². The first kappa shape index (κ1) is 16.9. The molecule has 23 heavy (non-hydrogen) atoms. The fourth-order valence-electron chi connectivity index (χ4n) is 1.69. The summed E-state index contributed by atoms with van der Waals surface area (Å²) in [7, 11) is 0. The van der Waals surface area contributed by atoms with Crippen LogP contribution in [-0.2, 0) is 3.07 Å². The van der Waals surface area contributed by atoms with Gasteiger partial charge in [-0.05, 0) is 43.3 Å². The third kappa shape index (κ3) is 4.78.